The van der Waals surface area contributed by atoms with Crippen LogP contribution in [0.3, 0.4) is 0 Å². The molecule has 0 radical (unpaired) electrons. The number of nitrogens with one attached hydrogen (secondary N) is 1. The van der Waals surface area contributed by atoms with Crippen LogP contribution >= 0.6 is 0 Å². The predicted octanol–water partition coefficient (Wildman–Crippen LogP) is 1.11. The summed E-state index contributed by atoms with van der Waals surface area (Å²) in [6.45, 7) is 3.65. The summed E-state index contributed by atoms with van der Waals surface area (Å²) < 4.78 is 4.98. The van der Waals surface area contributed by atoms with Gasteiger partial charge in [-0.1, -0.05) is 0 Å². The second-order valence-electron chi connectivity index (χ2n) is 5.07. The van der Waals surface area contributed by atoms with Crippen LogP contribution in [0.15, 0.2) is 6.20 Å². The highest BCUT2D eigenvalue weighted by Crippen LogP contribution is 2.29. The van der Waals surface area contributed by atoms with E-state index in [0.717, 1.165) is 49.5 Å². The van der Waals surface area contributed by atoms with Crippen LogP contribution in [0.25, 0.3) is 0 Å². The smallest absolute Gasteiger partial charge is 0.341 e. The van der Waals surface area contributed by atoms with Crippen LogP contribution in [-0.2, 0) is 17.7 Å². The van der Waals surface area contributed by atoms with Gasteiger partial charge in [-0.15, -0.1) is 0 Å². The van der Waals surface area contributed by atoms with Gasteiger partial charge >= 0.3 is 5.97 Å². The van der Waals surface area contributed by atoms with Gasteiger partial charge < -0.3 is 15.0 Å². The second-order valence-corrected chi connectivity index (χ2v) is 5.07. The Morgan fingerprint density at radius 1 is 1.42 bits per heavy atom. The van der Waals surface area contributed by atoms with Crippen molar-refractivity contribution >= 4 is 11.8 Å². The maximum absolute atomic E-state index is 12.2. The lowest BCUT2D eigenvalue weighted by Gasteiger charge is -2.25. The number of aromatic nitrogens is 1. The number of esters is 1. The number of pyridine rings is 1. The van der Waals surface area contributed by atoms with E-state index < -0.39 is 0 Å². The first-order valence-electron chi connectivity index (χ1n) is 6.86. The summed E-state index contributed by atoms with van der Waals surface area (Å²) in [5.41, 5.74) is 2.92. The van der Waals surface area contributed by atoms with E-state index in [1.165, 1.54) is 20.0 Å². The summed E-state index contributed by atoms with van der Waals surface area (Å²) >= 11 is 0. The van der Waals surface area contributed by atoms with Gasteiger partial charge in [0.15, 0.2) is 0 Å². The van der Waals surface area contributed by atoms with Crippen LogP contribution in [0, 0.1) is 0 Å². The molecule has 2 aliphatic rings. The molecule has 0 aliphatic carbocycles. The minimum atomic E-state index is -0.256. The first-order valence-corrected chi connectivity index (χ1v) is 6.86. The molecular formula is C14H19N3O2. The van der Waals surface area contributed by atoms with E-state index in [4.69, 9.17) is 4.74 Å². The van der Waals surface area contributed by atoms with Crippen LogP contribution < -0.4 is 10.2 Å². The van der Waals surface area contributed by atoms with E-state index in [9.17, 15) is 4.79 Å². The molecule has 0 spiro atoms. The fourth-order valence-electron chi connectivity index (χ4n) is 2.94. The zero-order valence-electron chi connectivity index (χ0n) is 11.2. The normalized spacial score (nSPS) is 18.3. The third-order valence-electron chi connectivity index (χ3n) is 3.92. The fourth-order valence-corrected chi connectivity index (χ4v) is 2.94. The standard InChI is InChI=1S/C14H19N3O2/c1-19-14(18)12-11-4-5-15-8-10(11)9-16-13(12)17-6-2-3-7-17/h9,15H,2-8H2,1H3. The van der Waals surface area contributed by atoms with Crippen molar-refractivity contribution < 1.29 is 9.53 Å². The molecule has 102 valence electrons. The summed E-state index contributed by atoms with van der Waals surface area (Å²) in [7, 11) is 1.44. The number of hydrogen-bond donors (Lipinski definition) is 1. The van der Waals surface area contributed by atoms with Crippen LogP contribution in [0.4, 0.5) is 5.82 Å². The summed E-state index contributed by atoms with van der Waals surface area (Å²) in [4.78, 5) is 18.9. The molecule has 0 atom stereocenters. The predicted molar refractivity (Wildman–Crippen MR) is 72.4 cm³/mol. The van der Waals surface area contributed by atoms with Gasteiger partial charge in [-0.3, -0.25) is 0 Å². The van der Waals surface area contributed by atoms with Crippen LogP contribution in [0.1, 0.15) is 34.3 Å². The average molecular weight is 261 g/mol. The molecular weight excluding hydrogens is 242 g/mol. The van der Waals surface area contributed by atoms with Gasteiger partial charge in [0, 0.05) is 25.8 Å². The van der Waals surface area contributed by atoms with Gasteiger partial charge in [0.2, 0.25) is 0 Å². The van der Waals surface area contributed by atoms with Gasteiger partial charge in [0.25, 0.3) is 0 Å². The maximum atomic E-state index is 12.2. The Morgan fingerprint density at radius 3 is 2.95 bits per heavy atom. The van der Waals surface area contributed by atoms with Gasteiger partial charge in [-0.05, 0) is 36.9 Å². The Balaban J connectivity index is 2.09. The highest BCUT2D eigenvalue weighted by Gasteiger charge is 2.27. The molecule has 19 heavy (non-hydrogen) atoms. The molecule has 0 bridgehead atoms. The third-order valence-corrected chi connectivity index (χ3v) is 3.92. The van der Waals surface area contributed by atoms with Crippen LogP contribution in [0.5, 0.6) is 0 Å². The maximum Gasteiger partial charge on any atom is 0.341 e. The quantitative estimate of drug-likeness (QED) is 0.808. The number of anilines is 1. The zero-order valence-corrected chi connectivity index (χ0v) is 11.2. The summed E-state index contributed by atoms with van der Waals surface area (Å²) in [6, 6.07) is 0. The fraction of sp³-hybridized carbons (Fsp3) is 0.571. The average Bonchev–Trinajstić information content (AvgIpc) is 2.99. The molecule has 1 N–H and O–H groups in total. The van der Waals surface area contributed by atoms with Crippen LogP contribution in [-0.4, -0.2) is 37.7 Å². The first-order chi connectivity index (χ1) is 9.31. The largest absolute Gasteiger partial charge is 0.465 e. The molecule has 3 heterocycles. The monoisotopic (exact) mass is 261 g/mol. The highest BCUT2D eigenvalue weighted by molar-refractivity contribution is 5.97. The van der Waals surface area contributed by atoms with Crippen molar-refractivity contribution in [2.24, 2.45) is 0 Å². The third kappa shape index (κ3) is 2.18. The minimum absolute atomic E-state index is 0.256. The summed E-state index contributed by atoms with van der Waals surface area (Å²) in [5.74, 6) is 0.554. The van der Waals surface area contributed by atoms with Crippen LogP contribution in [0.2, 0.25) is 0 Å². The molecule has 1 aromatic heterocycles. The summed E-state index contributed by atoms with van der Waals surface area (Å²) in [5, 5.41) is 3.31. The molecule has 1 aromatic rings. The van der Waals surface area contributed by atoms with Gasteiger partial charge in [0.1, 0.15) is 11.4 Å². The number of carbonyl (C=O) groups excluding carboxylic acids is 1. The number of hydrogen-bond acceptors (Lipinski definition) is 5. The van der Waals surface area contributed by atoms with E-state index in [2.05, 4.69) is 15.2 Å². The number of rotatable bonds is 2. The lowest BCUT2D eigenvalue weighted by molar-refractivity contribution is 0.0599. The lowest BCUT2D eigenvalue weighted by Crippen LogP contribution is -2.29. The molecule has 2 aliphatic heterocycles. The van der Waals surface area contributed by atoms with Crippen molar-refractivity contribution in [1.29, 1.82) is 0 Å². The lowest BCUT2D eigenvalue weighted by atomic mass is 9.97. The zero-order chi connectivity index (χ0) is 13.2. The van der Waals surface area contributed by atoms with E-state index in [1.807, 2.05) is 6.20 Å². The van der Waals surface area contributed by atoms with Crippen molar-refractivity contribution in [2.45, 2.75) is 25.8 Å². The van der Waals surface area contributed by atoms with E-state index in [0.29, 0.717) is 5.56 Å². The van der Waals surface area contributed by atoms with Crippen molar-refractivity contribution in [1.82, 2.24) is 10.3 Å². The molecule has 3 rings (SSSR count). The van der Waals surface area contributed by atoms with Gasteiger partial charge in [0.05, 0.1) is 7.11 Å². The number of ether oxygens (including phenoxy) is 1. The van der Waals surface area contributed by atoms with E-state index in [1.54, 1.807) is 0 Å². The highest BCUT2D eigenvalue weighted by atomic mass is 16.5. The minimum Gasteiger partial charge on any atom is -0.465 e. The summed E-state index contributed by atoms with van der Waals surface area (Å²) in [6.07, 6.45) is 5.10. The Morgan fingerprint density at radius 2 is 2.21 bits per heavy atom. The van der Waals surface area contributed by atoms with Gasteiger partial charge in [-0.25, -0.2) is 9.78 Å². The van der Waals surface area contributed by atoms with E-state index >= 15 is 0 Å². The molecule has 0 aromatic carbocycles. The number of fused-ring (bicyclic) bond motifs is 1. The molecule has 0 amide bonds. The number of carbonyl (C=O) groups is 1. The SMILES string of the molecule is COC(=O)c1c(N2CCCC2)ncc2c1CCNC2. The van der Waals surface area contributed by atoms with E-state index in [-0.39, 0.29) is 5.97 Å². The molecule has 1 fully saturated rings. The molecule has 0 saturated carbocycles. The van der Waals surface area contributed by atoms with Crippen molar-refractivity contribution in [3.63, 3.8) is 0 Å². The molecule has 1 saturated heterocycles. The Hall–Kier alpha value is -1.62. The molecule has 0 unspecified atom stereocenters. The Bertz CT molecular complexity index is 496. The molecule has 5 heteroatoms. The first kappa shape index (κ1) is 12.4. The topological polar surface area (TPSA) is 54.5 Å². The Kier molecular flexibility index (Phi) is 3.38. The van der Waals surface area contributed by atoms with Gasteiger partial charge in [-0.2, -0.15) is 0 Å². The van der Waals surface area contributed by atoms with Crippen molar-refractivity contribution in [2.75, 3.05) is 31.6 Å². The number of methoxy groups -OCH3 is 1. The second kappa shape index (κ2) is 5.17. The van der Waals surface area contributed by atoms with Crippen molar-refractivity contribution in [3.05, 3.63) is 22.9 Å². The molecule has 5 nitrogen and oxygen atoms in total. The van der Waals surface area contributed by atoms with Crippen molar-refractivity contribution in [3.8, 4) is 0 Å². The Labute approximate surface area is 113 Å². The number of nitrogens with zero attached hydrogens (tertiary/aromatic N) is 2.